The molecule has 0 unspecified atom stereocenters. The maximum Gasteiger partial charge on any atom is 0.223 e. The number of halogens is 1. The molecule has 0 saturated carbocycles. The lowest BCUT2D eigenvalue weighted by Crippen LogP contribution is -1.92. The number of aryl methyl sites for hydroxylation is 1. The van der Waals surface area contributed by atoms with E-state index in [2.05, 4.69) is 70.6 Å². The molecule has 0 atom stereocenters. The highest BCUT2D eigenvalue weighted by atomic mass is 35.5. The number of pyridine rings is 1. The zero-order valence-electron chi connectivity index (χ0n) is 17.5. The molecule has 0 bridgehead atoms. The zero-order valence-corrected chi connectivity index (χ0v) is 18.3. The van der Waals surface area contributed by atoms with Crippen molar-refractivity contribution in [3.63, 3.8) is 0 Å². The third kappa shape index (κ3) is 4.29. The monoisotopic (exact) mass is 433 g/mol. The van der Waals surface area contributed by atoms with E-state index in [-0.39, 0.29) is 5.28 Å². The summed E-state index contributed by atoms with van der Waals surface area (Å²) in [6, 6.07) is 35.1. The van der Waals surface area contributed by atoms with Crippen LogP contribution in [0.15, 0.2) is 103 Å². The Morgan fingerprint density at radius 1 is 0.469 bits per heavy atom. The Kier molecular flexibility index (Phi) is 5.49. The van der Waals surface area contributed by atoms with Crippen LogP contribution < -0.4 is 0 Å². The minimum Gasteiger partial charge on any atom is -0.248 e. The largest absolute Gasteiger partial charge is 0.248 e. The first-order valence-electron chi connectivity index (χ1n) is 10.4. The average Bonchev–Trinajstić information content (AvgIpc) is 2.84. The van der Waals surface area contributed by atoms with Crippen molar-refractivity contribution in [3.8, 4) is 44.9 Å². The van der Waals surface area contributed by atoms with Crippen LogP contribution in [0, 0.1) is 6.92 Å². The van der Waals surface area contributed by atoms with Gasteiger partial charge in [-0.25, -0.2) is 15.0 Å². The van der Waals surface area contributed by atoms with Crippen LogP contribution in [0.1, 0.15) is 5.69 Å². The minimum absolute atomic E-state index is 0.258. The van der Waals surface area contributed by atoms with Gasteiger partial charge in [0.05, 0.1) is 17.1 Å². The summed E-state index contributed by atoms with van der Waals surface area (Å²) in [6.07, 6.45) is 0. The fourth-order valence-electron chi connectivity index (χ4n) is 3.72. The normalized spacial score (nSPS) is 10.8. The molecule has 3 aromatic carbocycles. The second-order valence-electron chi connectivity index (χ2n) is 7.60. The molecular weight excluding hydrogens is 414 g/mol. The van der Waals surface area contributed by atoms with Crippen LogP contribution in [-0.4, -0.2) is 15.0 Å². The number of hydrogen-bond donors (Lipinski definition) is 0. The molecular formula is C28H20ClN3. The van der Waals surface area contributed by atoms with E-state index in [0.717, 1.165) is 50.6 Å². The smallest absolute Gasteiger partial charge is 0.223 e. The summed E-state index contributed by atoms with van der Waals surface area (Å²) in [5.41, 5.74) is 8.95. The summed E-state index contributed by atoms with van der Waals surface area (Å²) in [5, 5.41) is 0.258. The Morgan fingerprint density at radius 3 is 1.47 bits per heavy atom. The SMILES string of the molecule is Cc1cc(-c2ccc(-c3cc(-c4ccccc4)cc(-c4ccccc4)n3)cc2)nc(Cl)n1. The van der Waals surface area contributed by atoms with E-state index in [1.165, 1.54) is 0 Å². The van der Waals surface area contributed by atoms with Gasteiger partial charge >= 0.3 is 0 Å². The molecule has 0 spiro atoms. The molecule has 2 aromatic heterocycles. The molecule has 0 aliphatic rings. The summed E-state index contributed by atoms with van der Waals surface area (Å²) in [6.45, 7) is 1.91. The van der Waals surface area contributed by atoms with Crippen molar-refractivity contribution < 1.29 is 0 Å². The third-order valence-electron chi connectivity index (χ3n) is 5.31. The number of rotatable bonds is 4. The lowest BCUT2D eigenvalue weighted by atomic mass is 9.99. The van der Waals surface area contributed by atoms with Gasteiger partial charge in [-0.1, -0.05) is 84.9 Å². The highest BCUT2D eigenvalue weighted by Crippen LogP contribution is 2.31. The summed E-state index contributed by atoms with van der Waals surface area (Å²) in [7, 11) is 0. The Hall–Kier alpha value is -3.82. The summed E-state index contributed by atoms with van der Waals surface area (Å²) in [5.74, 6) is 0. The molecule has 0 amide bonds. The molecule has 4 heteroatoms. The summed E-state index contributed by atoms with van der Waals surface area (Å²) < 4.78 is 0. The van der Waals surface area contributed by atoms with E-state index >= 15 is 0 Å². The van der Waals surface area contributed by atoms with Crippen LogP contribution in [0.5, 0.6) is 0 Å². The lowest BCUT2D eigenvalue weighted by molar-refractivity contribution is 1.11. The number of nitrogens with zero attached hydrogens (tertiary/aromatic N) is 3. The van der Waals surface area contributed by atoms with Gasteiger partial charge in [0.1, 0.15) is 0 Å². The van der Waals surface area contributed by atoms with Crippen LogP contribution in [0.25, 0.3) is 44.9 Å². The first-order valence-corrected chi connectivity index (χ1v) is 10.8. The van der Waals surface area contributed by atoms with E-state index in [0.29, 0.717) is 0 Å². The summed E-state index contributed by atoms with van der Waals surface area (Å²) in [4.78, 5) is 13.5. The molecule has 0 N–H and O–H groups in total. The number of aromatic nitrogens is 3. The Morgan fingerprint density at radius 2 is 0.938 bits per heavy atom. The van der Waals surface area contributed by atoms with Crippen molar-refractivity contribution in [1.29, 1.82) is 0 Å². The number of benzene rings is 3. The van der Waals surface area contributed by atoms with Crippen LogP contribution in [-0.2, 0) is 0 Å². The second kappa shape index (κ2) is 8.74. The molecule has 5 aromatic rings. The molecule has 154 valence electrons. The van der Waals surface area contributed by atoms with Crippen LogP contribution in [0.4, 0.5) is 0 Å². The van der Waals surface area contributed by atoms with Gasteiger partial charge in [0.2, 0.25) is 5.28 Å². The molecule has 0 saturated heterocycles. The molecule has 0 aliphatic heterocycles. The van der Waals surface area contributed by atoms with E-state index in [1.807, 2.05) is 49.4 Å². The highest BCUT2D eigenvalue weighted by molar-refractivity contribution is 6.28. The van der Waals surface area contributed by atoms with Crippen molar-refractivity contribution in [2.75, 3.05) is 0 Å². The fraction of sp³-hybridized carbons (Fsp3) is 0.0357. The molecule has 3 nitrogen and oxygen atoms in total. The maximum absolute atomic E-state index is 6.05. The zero-order chi connectivity index (χ0) is 21.9. The third-order valence-corrected chi connectivity index (χ3v) is 5.47. The number of hydrogen-bond acceptors (Lipinski definition) is 3. The highest BCUT2D eigenvalue weighted by Gasteiger charge is 2.10. The molecule has 0 fully saturated rings. The van der Waals surface area contributed by atoms with Gasteiger partial charge in [0.25, 0.3) is 0 Å². The minimum atomic E-state index is 0.258. The standard InChI is InChI=1S/C28H20ClN3/c1-19-16-25(32-28(29)30-19)22-12-14-23(15-13-22)27-18-24(20-8-4-2-5-9-20)17-26(31-27)21-10-6-3-7-11-21/h2-18H,1H3. The maximum atomic E-state index is 6.05. The van der Waals surface area contributed by atoms with Gasteiger partial charge in [0.15, 0.2) is 0 Å². The van der Waals surface area contributed by atoms with Gasteiger partial charge in [-0.2, -0.15) is 0 Å². The molecule has 0 radical (unpaired) electrons. The van der Waals surface area contributed by atoms with E-state index in [9.17, 15) is 0 Å². The quantitative estimate of drug-likeness (QED) is 0.275. The molecule has 2 heterocycles. The van der Waals surface area contributed by atoms with Crippen LogP contribution in [0.2, 0.25) is 5.28 Å². The van der Waals surface area contributed by atoms with Crippen molar-refractivity contribution in [2.45, 2.75) is 6.92 Å². The topological polar surface area (TPSA) is 38.7 Å². The van der Waals surface area contributed by atoms with E-state index < -0.39 is 0 Å². The van der Waals surface area contributed by atoms with Gasteiger partial charge < -0.3 is 0 Å². The summed E-state index contributed by atoms with van der Waals surface area (Å²) >= 11 is 6.05. The molecule has 5 rings (SSSR count). The van der Waals surface area contributed by atoms with Gasteiger partial charge in [-0.05, 0) is 47.9 Å². The van der Waals surface area contributed by atoms with Crippen LogP contribution >= 0.6 is 11.6 Å². The van der Waals surface area contributed by atoms with Crippen LogP contribution in [0.3, 0.4) is 0 Å². The fourth-order valence-corrected chi connectivity index (χ4v) is 3.95. The Labute approximate surface area is 192 Å². The lowest BCUT2D eigenvalue weighted by Gasteiger charge is -2.11. The van der Waals surface area contributed by atoms with Crippen molar-refractivity contribution >= 4 is 11.6 Å². The second-order valence-corrected chi connectivity index (χ2v) is 7.94. The molecule has 0 aliphatic carbocycles. The molecule has 32 heavy (non-hydrogen) atoms. The predicted octanol–water partition coefficient (Wildman–Crippen LogP) is 7.50. The first kappa shape index (κ1) is 20.1. The van der Waals surface area contributed by atoms with Crippen molar-refractivity contribution in [2.24, 2.45) is 0 Å². The van der Waals surface area contributed by atoms with Gasteiger partial charge in [-0.15, -0.1) is 0 Å². The predicted molar refractivity (Wildman–Crippen MR) is 131 cm³/mol. The first-order chi connectivity index (χ1) is 15.7. The van der Waals surface area contributed by atoms with Gasteiger partial charge in [0, 0.05) is 22.4 Å². The average molecular weight is 434 g/mol. The van der Waals surface area contributed by atoms with Crippen molar-refractivity contribution in [3.05, 3.63) is 114 Å². The van der Waals surface area contributed by atoms with E-state index in [4.69, 9.17) is 16.6 Å². The van der Waals surface area contributed by atoms with Crippen molar-refractivity contribution in [1.82, 2.24) is 15.0 Å². The Balaban J connectivity index is 1.59. The Bertz CT molecular complexity index is 1290. The van der Waals surface area contributed by atoms with Gasteiger partial charge in [-0.3, -0.25) is 0 Å². The van der Waals surface area contributed by atoms with E-state index in [1.54, 1.807) is 0 Å².